The van der Waals surface area contributed by atoms with Crippen LogP contribution in [0.5, 0.6) is 23.0 Å². The molecule has 0 spiro atoms. The van der Waals surface area contributed by atoms with Gasteiger partial charge in [-0.3, -0.25) is 0 Å². The summed E-state index contributed by atoms with van der Waals surface area (Å²) in [4.78, 5) is 25.3. The minimum atomic E-state index is -0.489. The van der Waals surface area contributed by atoms with Crippen LogP contribution in [0.1, 0.15) is 67.9 Å². The highest BCUT2D eigenvalue weighted by Gasteiger charge is 2.25. The molecule has 0 amide bonds. The van der Waals surface area contributed by atoms with Gasteiger partial charge in [-0.15, -0.1) is 0 Å². The van der Waals surface area contributed by atoms with Crippen LogP contribution < -0.4 is 9.47 Å². The predicted molar refractivity (Wildman–Crippen MR) is 150 cm³/mol. The predicted octanol–water partition coefficient (Wildman–Crippen LogP) is 7.10. The van der Waals surface area contributed by atoms with Crippen molar-refractivity contribution in [2.45, 2.75) is 47.0 Å². The topological polar surface area (TPSA) is 93.1 Å². The number of carbonyl (C=O) groups is 2. The van der Waals surface area contributed by atoms with Crippen LogP contribution in [0.2, 0.25) is 0 Å². The fourth-order valence-electron chi connectivity index (χ4n) is 4.35. The third kappa shape index (κ3) is 5.80. The fraction of sp³-hybridized carbons (Fsp3) is 0.212. The van der Waals surface area contributed by atoms with Gasteiger partial charge in [0, 0.05) is 5.41 Å². The molecule has 2 N–H and O–H groups in total. The summed E-state index contributed by atoms with van der Waals surface area (Å²) < 4.78 is 11.3. The molecule has 200 valence electrons. The number of hydrogen-bond donors (Lipinski definition) is 2. The van der Waals surface area contributed by atoms with Crippen LogP contribution in [0.25, 0.3) is 0 Å². The Bertz CT molecular complexity index is 1460. The second kappa shape index (κ2) is 10.7. The first kappa shape index (κ1) is 27.5. The van der Waals surface area contributed by atoms with E-state index in [0.29, 0.717) is 33.8 Å². The van der Waals surface area contributed by atoms with Crippen LogP contribution in [0.4, 0.5) is 0 Å². The van der Waals surface area contributed by atoms with E-state index in [-0.39, 0.29) is 16.9 Å². The zero-order chi connectivity index (χ0) is 28.5. The molecule has 39 heavy (non-hydrogen) atoms. The maximum absolute atomic E-state index is 12.7. The molecule has 0 aliphatic heterocycles. The van der Waals surface area contributed by atoms with E-state index in [9.17, 15) is 19.8 Å². The molecule has 4 aromatic carbocycles. The average molecular weight is 525 g/mol. The molecule has 0 radical (unpaired) electrons. The van der Waals surface area contributed by atoms with Gasteiger partial charge in [0.2, 0.25) is 0 Å². The van der Waals surface area contributed by atoms with Crippen molar-refractivity contribution in [2.75, 3.05) is 0 Å². The van der Waals surface area contributed by atoms with Crippen LogP contribution >= 0.6 is 0 Å². The quantitative estimate of drug-likeness (QED) is 0.207. The Balaban J connectivity index is 1.52. The number of phenolic OH excluding ortho intramolecular Hbond substituents is 2. The number of ether oxygens (including phenoxy) is 2. The molecule has 0 saturated carbocycles. The molecule has 6 heteroatoms. The third-order valence-electron chi connectivity index (χ3n) is 7.06. The van der Waals surface area contributed by atoms with E-state index in [2.05, 4.69) is 13.8 Å². The van der Waals surface area contributed by atoms with Gasteiger partial charge in [0.05, 0.1) is 11.1 Å². The van der Waals surface area contributed by atoms with Crippen molar-refractivity contribution in [3.8, 4) is 23.0 Å². The standard InChI is InChI=1S/C33H32O6/c1-19-15-23(7-11-27(19)34)31(36)38-29-13-9-25(17-21(29)3)33(5,6)26-10-14-30(22(4)18-26)39-32(37)24-8-12-28(35)20(2)16-24/h7-18,34-35H,1-6H3. The van der Waals surface area contributed by atoms with E-state index in [0.717, 1.165) is 22.3 Å². The van der Waals surface area contributed by atoms with E-state index in [1.807, 2.05) is 38.1 Å². The Labute approximate surface area is 228 Å². The Morgan fingerprint density at radius 1 is 0.564 bits per heavy atom. The number of phenols is 2. The number of aryl methyl sites for hydroxylation is 4. The summed E-state index contributed by atoms with van der Waals surface area (Å²) in [5, 5.41) is 19.4. The van der Waals surface area contributed by atoms with E-state index < -0.39 is 11.9 Å². The van der Waals surface area contributed by atoms with E-state index in [1.54, 1.807) is 38.1 Å². The van der Waals surface area contributed by atoms with Crippen molar-refractivity contribution in [2.24, 2.45) is 0 Å². The number of carbonyl (C=O) groups excluding carboxylic acids is 2. The first-order valence-corrected chi connectivity index (χ1v) is 12.6. The molecule has 4 rings (SSSR count). The number of benzene rings is 4. The van der Waals surface area contributed by atoms with Crippen LogP contribution in [0, 0.1) is 27.7 Å². The van der Waals surface area contributed by atoms with E-state index >= 15 is 0 Å². The highest BCUT2D eigenvalue weighted by molar-refractivity contribution is 5.92. The van der Waals surface area contributed by atoms with E-state index in [1.165, 1.54) is 24.3 Å². The first-order chi connectivity index (χ1) is 18.4. The highest BCUT2D eigenvalue weighted by atomic mass is 16.5. The van der Waals surface area contributed by atoms with Crippen LogP contribution in [-0.4, -0.2) is 22.2 Å². The lowest BCUT2D eigenvalue weighted by atomic mass is 9.77. The molecular formula is C33H32O6. The molecular weight excluding hydrogens is 492 g/mol. The largest absolute Gasteiger partial charge is 0.508 e. The number of rotatable bonds is 6. The number of aromatic hydroxyl groups is 2. The molecule has 0 aliphatic carbocycles. The van der Waals surface area contributed by atoms with Crippen molar-refractivity contribution in [3.63, 3.8) is 0 Å². The minimum absolute atomic E-state index is 0.128. The smallest absolute Gasteiger partial charge is 0.343 e. The van der Waals surface area contributed by atoms with Gasteiger partial charge in [0.1, 0.15) is 23.0 Å². The molecule has 0 bridgehead atoms. The Morgan fingerprint density at radius 2 is 0.949 bits per heavy atom. The van der Waals surface area contributed by atoms with Crippen LogP contribution in [-0.2, 0) is 5.41 Å². The summed E-state index contributed by atoms with van der Waals surface area (Å²) in [6, 6.07) is 20.7. The average Bonchev–Trinajstić information content (AvgIpc) is 2.89. The van der Waals surface area contributed by atoms with Crippen LogP contribution in [0.3, 0.4) is 0 Å². The van der Waals surface area contributed by atoms with Gasteiger partial charge in [0.15, 0.2) is 0 Å². The molecule has 0 saturated heterocycles. The second-order valence-electron chi connectivity index (χ2n) is 10.4. The van der Waals surface area contributed by atoms with Gasteiger partial charge in [-0.25, -0.2) is 9.59 Å². The van der Waals surface area contributed by atoms with Crippen molar-refractivity contribution >= 4 is 11.9 Å². The van der Waals surface area contributed by atoms with Crippen molar-refractivity contribution in [1.29, 1.82) is 0 Å². The lowest BCUT2D eigenvalue weighted by Crippen LogP contribution is -2.20. The Hall–Kier alpha value is -4.58. The molecule has 0 unspecified atom stereocenters. The van der Waals surface area contributed by atoms with Gasteiger partial charge < -0.3 is 19.7 Å². The molecule has 0 aromatic heterocycles. The monoisotopic (exact) mass is 524 g/mol. The third-order valence-corrected chi connectivity index (χ3v) is 7.06. The van der Waals surface area contributed by atoms with Crippen molar-refractivity contribution < 1.29 is 29.3 Å². The van der Waals surface area contributed by atoms with Gasteiger partial charge in [-0.05, 0) is 110 Å². The summed E-state index contributed by atoms with van der Waals surface area (Å²) in [5.74, 6) is 0.209. The van der Waals surface area contributed by atoms with Gasteiger partial charge >= 0.3 is 11.9 Å². The second-order valence-corrected chi connectivity index (χ2v) is 10.4. The summed E-state index contributed by atoms with van der Waals surface area (Å²) in [5.41, 5.74) is 5.24. The normalized spacial score (nSPS) is 11.2. The number of esters is 2. The Kier molecular flexibility index (Phi) is 7.50. The summed E-state index contributed by atoms with van der Waals surface area (Å²) in [6.07, 6.45) is 0. The summed E-state index contributed by atoms with van der Waals surface area (Å²) in [7, 11) is 0. The van der Waals surface area contributed by atoms with Crippen LogP contribution in [0.15, 0.2) is 72.8 Å². The lowest BCUT2D eigenvalue weighted by Gasteiger charge is -2.27. The maximum Gasteiger partial charge on any atom is 0.343 e. The lowest BCUT2D eigenvalue weighted by molar-refractivity contribution is 0.0724. The minimum Gasteiger partial charge on any atom is -0.508 e. The van der Waals surface area contributed by atoms with Gasteiger partial charge in [-0.2, -0.15) is 0 Å². The molecule has 6 nitrogen and oxygen atoms in total. The molecule has 0 aliphatic rings. The van der Waals surface area contributed by atoms with Gasteiger partial charge in [0.25, 0.3) is 0 Å². The molecule has 0 atom stereocenters. The maximum atomic E-state index is 12.7. The van der Waals surface area contributed by atoms with Crippen molar-refractivity contribution in [1.82, 2.24) is 0 Å². The van der Waals surface area contributed by atoms with Gasteiger partial charge in [-0.1, -0.05) is 38.1 Å². The summed E-state index contributed by atoms with van der Waals surface area (Å²) >= 11 is 0. The molecule has 0 heterocycles. The SMILES string of the molecule is Cc1cc(C(=O)Oc2ccc(C(C)(C)c3ccc(OC(=O)c4ccc(O)c(C)c4)c(C)c3)cc2C)ccc1O. The summed E-state index contributed by atoms with van der Waals surface area (Å²) in [6.45, 7) is 11.4. The Morgan fingerprint density at radius 3 is 1.28 bits per heavy atom. The molecule has 0 fully saturated rings. The number of hydrogen-bond acceptors (Lipinski definition) is 6. The first-order valence-electron chi connectivity index (χ1n) is 12.6. The zero-order valence-electron chi connectivity index (χ0n) is 23.0. The van der Waals surface area contributed by atoms with E-state index in [4.69, 9.17) is 9.47 Å². The molecule has 4 aromatic rings. The zero-order valence-corrected chi connectivity index (χ0v) is 23.0. The fourth-order valence-corrected chi connectivity index (χ4v) is 4.35. The highest BCUT2D eigenvalue weighted by Crippen LogP contribution is 2.36. The van der Waals surface area contributed by atoms with Crippen molar-refractivity contribution in [3.05, 3.63) is 117 Å².